The highest BCUT2D eigenvalue weighted by molar-refractivity contribution is 7.92. The van der Waals surface area contributed by atoms with E-state index in [4.69, 9.17) is 11.6 Å². The van der Waals surface area contributed by atoms with Crippen LogP contribution in [-0.2, 0) is 26.2 Å². The summed E-state index contributed by atoms with van der Waals surface area (Å²) in [4.78, 5) is 28.6. The number of aryl methyl sites for hydroxylation is 1. The zero-order valence-corrected chi connectivity index (χ0v) is 24.7. The normalized spacial score (nSPS) is 12.2. The highest BCUT2D eigenvalue weighted by Crippen LogP contribution is 2.27. The molecular weight excluding hydrogens is 553 g/mol. The zero-order valence-electron chi connectivity index (χ0n) is 23.1. The third-order valence-corrected chi connectivity index (χ3v) is 8.34. The molecule has 0 radical (unpaired) electrons. The quantitative estimate of drug-likeness (QED) is 0.300. The number of benzene rings is 3. The van der Waals surface area contributed by atoms with Crippen molar-refractivity contribution >= 4 is 39.1 Å². The minimum atomic E-state index is -4.19. The van der Waals surface area contributed by atoms with E-state index < -0.39 is 34.3 Å². The summed E-state index contributed by atoms with van der Waals surface area (Å²) >= 11 is 6.20. The predicted octanol–water partition coefficient (Wildman–Crippen LogP) is 5.56. The van der Waals surface area contributed by atoms with E-state index in [1.165, 1.54) is 47.4 Å². The first-order chi connectivity index (χ1) is 18.9. The lowest BCUT2D eigenvalue weighted by Gasteiger charge is -2.33. The summed E-state index contributed by atoms with van der Waals surface area (Å²) in [5.74, 6) is -1.17. The molecule has 10 heteroatoms. The molecule has 1 N–H and O–H groups in total. The zero-order chi connectivity index (χ0) is 29.4. The van der Waals surface area contributed by atoms with Crippen LogP contribution in [0.25, 0.3) is 0 Å². The summed E-state index contributed by atoms with van der Waals surface area (Å²) in [5.41, 5.74) is 1.69. The lowest BCUT2D eigenvalue weighted by molar-refractivity contribution is -0.140. The largest absolute Gasteiger partial charge is 0.354 e. The minimum Gasteiger partial charge on any atom is -0.354 e. The second kappa shape index (κ2) is 13.8. The van der Waals surface area contributed by atoms with Crippen molar-refractivity contribution in [2.75, 3.05) is 17.4 Å². The molecular formula is C30H35ClFN3O4S. The van der Waals surface area contributed by atoms with Crippen LogP contribution >= 0.6 is 11.6 Å². The molecule has 0 aliphatic heterocycles. The number of carbonyl (C=O) groups is 2. The summed E-state index contributed by atoms with van der Waals surface area (Å²) in [6.07, 6.45) is 0.290. The number of carbonyl (C=O) groups excluding carboxylic acids is 2. The maximum Gasteiger partial charge on any atom is 0.264 e. The number of anilines is 1. The third-order valence-electron chi connectivity index (χ3n) is 6.32. The number of hydrogen-bond acceptors (Lipinski definition) is 4. The van der Waals surface area contributed by atoms with Crippen LogP contribution in [0, 0.1) is 18.7 Å². The van der Waals surface area contributed by atoms with Crippen LogP contribution in [0.4, 0.5) is 10.1 Å². The van der Waals surface area contributed by atoms with Crippen molar-refractivity contribution in [3.63, 3.8) is 0 Å². The van der Waals surface area contributed by atoms with Crippen LogP contribution in [0.1, 0.15) is 38.3 Å². The van der Waals surface area contributed by atoms with Crippen molar-refractivity contribution < 1.29 is 22.4 Å². The molecule has 1 unspecified atom stereocenters. The van der Waals surface area contributed by atoms with Crippen LogP contribution in [0.15, 0.2) is 77.7 Å². The van der Waals surface area contributed by atoms with Gasteiger partial charge in [0.15, 0.2) is 0 Å². The van der Waals surface area contributed by atoms with Gasteiger partial charge in [0, 0.05) is 18.1 Å². The fraction of sp³-hybridized carbons (Fsp3) is 0.333. The molecule has 3 rings (SSSR count). The van der Waals surface area contributed by atoms with Crippen molar-refractivity contribution in [2.45, 2.75) is 51.6 Å². The van der Waals surface area contributed by atoms with E-state index in [1.54, 1.807) is 37.3 Å². The molecule has 0 spiro atoms. The Morgan fingerprint density at radius 1 is 1.00 bits per heavy atom. The number of hydrogen-bond donors (Lipinski definition) is 1. The Bertz CT molecular complexity index is 1410. The van der Waals surface area contributed by atoms with E-state index in [9.17, 15) is 22.4 Å². The molecule has 3 aromatic rings. The molecule has 214 valence electrons. The number of rotatable bonds is 12. The number of amides is 2. The van der Waals surface area contributed by atoms with E-state index >= 15 is 0 Å². The van der Waals surface area contributed by atoms with Crippen molar-refractivity contribution in [1.82, 2.24) is 10.2 Å². The van der Waals surface area contributed by atoms with E-state index in [0.717, 1.165) is 9.87 Å². The topological polar surface area (TPSA) is 86.8 Å². The van der Waals surface area contributed by atoms with Gasteiger partial charge >= 0.3 is 0 Å². The van der Waals surface area contributed by atoms with Gasteiger partial charge in [-0.2, -0.15) is 0 Å². The highest BCUT2D eigenvalue weighted by Gasteiger charge is 2.33. The van der Waals surface area contributed by atoms with E-state index in [1.807, 2.05) is 20.8 Å². The van der Waals surface area contributed by atoms with Gasteiger partial charge in [-0.3, -0.25) is 13.9 Å². The van der Waals surface area contributed by atoms with Crippen molar-refractivity contribution in [2.24, 2.45) is 5.92 Å². The summed E-state index contributed by atoms with van der Waals surface area (Å²) < 4.78 is 42.3. The van der Waals surface area contributed by atoms with E-state index in [0.29, 0.717) is 23.6 Å². The van der Waals surface area contributed by atoms with Gasteiger partial charge in [-0.15, -0.1) is 0 Å². The van der Waals surface area contributed by atoms with Crippen LogP contribution < -0.4 is 9.62 Å². The van der Waals surface area contributed by atoms with Crippen LogP contribution in [0.2, 0.25) is 5.02 Å². The molecule has 0 aliphatic carbocycles. The second-order valence-electron chi connectivity index (χ2n) is 10.0. The van der Waals surface area contributed by atoms with Crippen molar-refractivity contribution in [3.05, 3.63) is 94.8 Å². The molecule has 7 nitrogen and oxygen atoms in total. The fourth-order valence-electron chi connectivity index (χ4n) is 4.13. The molecule has 0 bridgehead atoms. The molecule has 0 heterocycles. The Morgan fingerprint density at radius 2 is 1.65 bits per heavy atom. The van der Waals surface area contributed by atoms with E-state index in [2.05, 4.69) is 5.32 Å². The molecule has 0 aliphatic rings. The lowest BCUT2D eigenvalue weighted by atomic mass is 10.1. The molecule has 0 saturated heterocycles. The van der Waals surface area contributed by atoms with Crippen LogP contribution in [-0.4, -0.2) is 44.3 Å². The van der Waals surface area contributed by atoms with Gasteiger partial charge in [0.2, 0.25) is 11.8 Å². The maximum atomic E-state index is 14.0. The number of nitrogens with zero attached hydrogens (tertiary/aromatic N) is 2. The third kappa shape index (κ3) is 8.05. The van der Waals surface area contributed by atoms with E-state index in [-0.39, 0.29) is 29.0 Å². The average Bonchev–Trinajstić information content (AvgIpc) is 2.91. The number of halogens is 2. The first kappa shape index (κ1) is 31.1. The molecule has 0 fully saturated rings. The molecule has 3 aromatic carbocycles. The molecule has 1 atom stereocenters. The second-order valence-corrected chi connectivity index (χ2v) is 12.3. The predicted molar refractivity (Wildman–Crippen MR) is 156 cm³/mol. The Kier molecular flexibility index (Phi) is 10.7. The highest BCUT2D eigenvalue weighted by atomic mass is 35.5. The molecule has 40 heavy (non-hydrogen) atoms. The first-order valence-corrected chi connectivity index (χ1v) is 14.9. The Labute approximate surface area is 241 Å². The first-order valence-electron chi connectivity index (χ1n) is 13.1. The fourth-order valence-corrected chi connectivity index (χ4v) is 5.72. The monoisotopic (exact) mass is 587 g/mol. The standard InChI is InChI=1S/C30H35ClFN3O4S/c1-5-28(30(37)33-18-21(2)3)34(19-23-11-13-25(32)14-12-23)29(36)20-35(26-8-6-7-24(31)17-26)40(38,39)27-15-9-22(4)10-16-27/h6-17,21,28H,5,18-20H2,1-4H3,(H,33,37). The summed E-state index contributed by atoms with van der Waals surface area (Å²) in [6, 6.07) is 17.3. The molecule has 0 saturated carbocycles. The Morgan fingerprint density at radius 3 is 2.23 bits per heavy atom. The van der Waals surface area contributed by atoms with Crippen molar-refractivity contribution in [1.29, 1.82) is 0 Å². The van der Waals surface area contributed by atoms with Gasteiger partial charge in [0.25, 0.3) is 10.0 Å². The number of sulfonamides is 1. The lowest BCUT2D eigenvalue weighted by Crippen LogP contribution is -2.52. The summed E-state index contributed by atoms with van der Waals surface area (Å²) in [5, 5.41) is 3.18. The van der Waals surface area contributed by atoms with Gasteiger partial charge in [-0.25, -0.2) is 12.8 Å². The summed E-state index contributed by atoms with van der Waals surface area (Å²) in [6.45, 7) is 7.37. The van der Waals surface area contributed by atoms with Crippen LogP contribution in [0.5, 0.6) is 0 Å². The van der Waals surface area contributed by atoms with Crippen molar-refractivity contribution in [3.8, 4) is 0 Å². The molecule has 2 amide bonds. The van der Waals surface area contributed by atoms with Gasteiger partial charge in [0.05, 0.1) is 10.6 Å². The van der Waals surface area contributed by atoms with Crippen LogP contribution in [0.3, 0.4) is 0 Å². The maximum absolute atomic E-state index is 14.0. The van der Waals surface area contributed by atoms with Gasteiger partial charge in [-0.05, 0) is 67.3 Å². The minimum absolute atomic E-state index is 0.0117. The van der Waals surface area contributed by atoms with Gasteiger partial charge in [-0.1, -0.05) is 68.3 Å². The van der Waals surface area contributed by atoms with Gasteiger partial charge in [0.1, 0.15) is 18.4 Å². The summed E-state index contributed by atoms with van der Waals surface area (Å²) in [7, 11) is -4.19. The molecule has 0 aromatic heterocycles. The van der Waals surface area contributed by atoms with Gasteiger partial charge < -0.3 is 10.2 Å². The average molecular weight is 588 g/mol. The Balaban J connectivity index is 2.04. The Hall–Kier alpha value is -3.43. The SMILES string of the molecule is CCC(C(=O)NCC(C)C)N(Cc1ccc(F)cc1)C(=O)CN(c1cccc(Cl)c1)S(=O)(=O)c1ccc(C)cc1. The number of nitrogens with one attached hydrogen (secondary N) is 1. The smallest absolute Gasteiger partial charge is 0.264 e.